The molecule has 2 amide bonds. The highest BCUT2D eigenvalue weighted by atomic mass is 35.5. The van der Waals surface area contributed by atoms with Crippen LogP contribution in [0.3, 0.4) is 0 Å². The van der Waals surface area contributed by atoms with Crippen LogP contribution in [-0.4, -0.2) is 30.1 Å². The number of phenolic OH excluding ortho intramolecular Hbond substituents is 1. The maximum absolute atomic E-state index is 13.7. The first-order valence-electron chi connectivity index (χ1n) is 10.4. The molecule has 0 bridgehead atoms. The number of amides is 2. The second-order valence-corrected chi connectivity index (χ2v) is 8.36. The molecule has 3 aromatic rings. The number of fused-ring (bicyclic) bond motifs is 1. The van der Waals surface area contributed by atoms with Gasteiger partial charge in [-0.1, -0.05) is 48.0 Å². The van der Waals surface area contributed by atoms with Crippen LogP contribution in [0.2, 0.25) is 5.02 Å². The normalized spacial score (nSPS) is 22.1. The molecule has 8 heteroatoms. The number of anilines is 2. The lowest BCUT2D eigenvalue weighted by Crippen LogP contribution is -2.37. The van der Waals surface area contributed by atoms with E-state index in [0.29, 0.717) is 27.5 Å². The fourth-order valence-corrected chi connectivity index (χ4v) is 4.72. The summed E-state index contributed by atoms with van der Waals surface area (Å²) in [6.07, 6.45) is -1.05. The zero-order valence-electron chi connectivity index (χ0n) is 17.9. The summed E-state index contributed by atoms with van der Waals surface area (Å²) in [6.45, 7) is 1.76. The van der Waals surface area contributed by atoms with Gasteiger partial charge >= 0.3 is 0 Å². The summed E-state index contributed by atoms with van der Waals surface area (Å²) in [4.78, 5) is 34.4. The van der Waals surface area contributed by atoms with Crippen molar-refractivity contribution in [3.8, 4) is 11.5 Å². The Morgan fingerprint density at radius 2 is 1.70 bits per heavy atom. The molecular weight excluding hydrogens is 444 g/mol. The predicted octanol–water partition coefficient (Wildman–Crippen LogP) is 4.41. The van der Waals surface area contributed by atoms with Gasteiger partial charge in [0.25, 0.3) is 5.91 Å². The van der Waals surface area contributed by atoms with Crippen molar-refractivity contribution in [3.05, 3.63) is 82.9 Å². The smallest absolute Gasteiger partial charge is 0.266 e. The molecule has 5 rings (SSSR count). The molecule has 0 aliphatic carbocycles. The first-order valence-corrected chi connectivity index (χ1v) is 10.8. The first-order chi connectivity index (χ1) is 15.9. The van der Waals surface area contributed by atoms with Gasteiger partial charge in [-0.05, 0) is 42.8 Å². The molecular formula is C25H21ClN2O5. The van der Waals surface area contributed by atoms with Gasteiger partial charge in [-0.2, -0.15) is 0 Å². The number of rotatable bonds is 4. The second kappa shape index (κ2) is 8.10. The first kappa shape index (κ1) is 21.3. The van der Waals surface area contributed by atoms with Crippen molar-refractivity contribution in [1.82, 2.24) is 0 Å². The zero-order chi connectivity index (χ0) is 23.3. The van der Waals surface area contributed by atoms with Gasteiger partial charge in [-0.3, -0.25) is 14.4 Å². The van der Waals surface area contributed by atoms with E-state index in [2.05, 4.69) is 0 Å². The largest absolute Gasteiger partial charge is 0.504 e. The molecule has 0 saturated carbocycles. The maximum Gasteiger partial charge on any atom is 0.266 e. The van der Waals surface area contributed by atoms with E-state index in [0.717, 1.165) is 4.90 Å². The number of carbonyl (C=O) groups is 2. The Balaban J connectivity index is 1.64. The highest BCUT2D eigenvalue weighted by molar-refractivity contribution is 6.32. The number of hydrogen-bond donors (Lipinski definition) is 1. The number of ether oxygens (including phenoxy) is 1. The quantitative estimate of drug-likeness (QED) is 0.576. The number of nitrogens with zero attached hydrogens (tertiary/aromatic N) is 2. The molecule has 0 aromatic heterocycles. The Morgan fingerprint density at radius 3 is 2.42 bits per heavy atom. The van der Waals surface area contributed by atoms with Crippen molar-refractivity contribution in [3.63, 3.8) is 0 Å². The molecule has 0 radical (unpaired) electrons. The molecule has 3 atom stereocenters. The van der Waals surface area contributed by atoms with Crippen molar-refractivity contribution in [2.45, 2.75) is 19.1 Å². The van der Waals surface area contributed by atoms with E-state index >= 15 is 0 Å². The SMILES string of the molecule is COc1cccc([C@H]2[C@H]3C(=O)N(c4cccc(Cl)c4C)C(=O)[C@H]3ON2c2ccccc2)c1O. The van der Waals surface area contributed by atoms with Gasteiger partial charge in [-0.25, -0.2) is 9.96 Å². The third kappa shape index (κ3) is 3.23. The van der Waals surface area contributed by atoms with Crippen LogP contribution in [0.25, 0.3) is 0 Å². The zero-order valence-corrected chi connectivity index (χ0v) is 18.7. The number of hydroxylamine groups is 1. The molecule has 1 N–H and O–H groups in total. The fraction of sp³-hybridized carbons (Fsp3) is 0.200. The average molecular weight is 465 g/mol. The van der Waals surface area contributed by atoms with Gasteiger partial charge in [0.15, 0.2) is 17.6 Å². The Labute approximate surface area is 195 Å². The highest BCUT2D eigenvalue weighted by Gasteiger charge is 2.61. The number of para-hydroxylation sites is 2. The standard InChI is InChI=1S/C25H21ClN2O5/c1-14-17(26)11-7-12-18(14)27-24(30)20-21(16-10-6-13-19(32-2)22(16)29)28(33-23(20)25(27)31)15-8-4-3-5-9-15/h3-13,20-21,23,29H,1-2H3/t20-,21+,23+/m1/s1. The number of benzene rings is 3. The van der Waals surface area contributed by atoms with E-state index in [4.69, 9.17) is 21.2 Å². The van der Waals surface area contributed by atoms with Crippen LogP contribution in [0, 0.1) is 12.8 Å². The summed E-state index contributed by atoms with van der Waals surface area (Å²) >= 11 is 6.25. The lowest BCUT2D eigenvalue weighted by Gasteiger charge is -2.29. The van der Waals surface area contributed by atoms with Gasteiger partial charge in [0.1, 0.15) is 12.0 Å². The molecule has 7 nitrogen and oxygen atoms in total. The van der Waals surface area contributed by atoms with Crippen LogP contribution in [0.4, 0.5) is 11.4 Å². The minimum Gasteiger partial charge on any atom is -0.504 e. The molecule has 2 fully saturated rings. The summed E-state index contributed by atoms with van der Waals surface area (Å²) in [5, 5.41) is 12.9. The predicted molar refractivity (Wildman–Crippen MR) is 123 cm³/mol. The highest BCUT2D eigenvalue weighted by Crippen LogP contribution is 2.51. The van der Waals surface area contributed by atoms with E-state index < -0.39 is 29.9 Å². The fourth-order valence-electron chi connectivity index (χ4n) is 4.55. The van der Waals surface area contributed by atoms with Gasteiger partial charge in [0, 0.05) is 10.6 Å². The number of phenols is 1. The van der Waals surface area contributed by atoms with E-state index in [1.165, 1.54) is 12.2 Å². The second-order valence-electron chi connectivity index (χ2n) is 7.95. The number of imide groups is 1. The van der Waals surface area contributed by atoms with Crippen LogP contribution in [0.15, 0.2) is 66.7 Å². The average Bonchev–Trinajstić information content (AvgIpc) is 3.33. The van der Waals surface area contributed by atoms with Gasteiger partial charge in [0.2, 0.25) is 5.91 Å². The molecule has 168 valence electrons. The van der Waals surface area contributed by atoms with E-state index in [-0.39, 0.29) is 11.5 Å². The van der Waals surface area contributed by atoms with Crippen LogP contribution in [-0.2, 0) is 14.4 Å². The Kier molecular flexibility index (Phi) is 5.23. The minimum absolute atomic E-state index is 0.104. The van der Waals surface area contributed by atoms with Crippen LogP contribution < -0.4 is 14.7 Å². The summed E-state index contributed by atoms with van der Waals surface area (Å²) in [7, 11) is 1.45. The molecule has 2 aliphatic heterocycles. The maximum atomic E-state index is 13.7. The van der Waals surface area contributed by atoms with Crippen LogP contribution >= 0.6 is 11.6 Å². The molecule has 0 unspecified atom stereocenters. The molecule has 2 saturated heterocycles. The third-order valence-corrected chi connectivity index (χ3v) is 6.58. The number of aromatic hydroxyl groups is 1. The van der Waals surface area contributed by atoms with Crippen molar-refractivity contribution in [2.24, 2.45) is 5.92 Å². The van der Waals surface area contributed by atoms with E-state index in [9.17, 15) is 14.7 Å². The van der Waals surface area contributed by atoms with Gasteiger partial charge < -0.3 is 9.84 Å². The molecule has 33 heavy (non-hydrogen) atoms. The van der Waals surface area contributed by atoms with E-state index in [1.807, 2.05) is 30.3 Å². The topological polar surface area (TPSA) is 79.3 Å². The lowest BCUT2D eigenvalue weighted by molar-refractivity contribution is -0.126. The molecule has 2 aliphatic rings. The summed E-state index contributed by atoms with van der Waals surface area (Å²) < 4.78 is 5.28. The molecule has 2 heterocycles. The summed E-state index contributed by atoms with van der Waals surface area (Å²) in [5.41, 5.74) is 2.14. The summed E-state index contributed by atoms with van der Waals surface area (Å²) in [5.74, 6) is -1.60. The van der Waals surface area contributed by atoms with Gasteiger partial charge in [-0.15, -0.1) is 0 Å². The number of halogens is 1. The Hall–Kier alpha value is -3.55. The lowest BCUT2D eigenvalue weighted by atomic mass is 9.90. The number of methoxy groups -OCH3 is 1. The van der Waals surface area contributed by atoms with Crippen molar-refractivity contribution in [2.75, 3.05) is 17.1 Å². The Morgan fingerprint density at radius 1 is 0.970 bits per heavy atom. The molecule has 0 spiro atoms. The number of carbonyl (C=O) groups excluding carboxylic acids is 2. The third-order valence-electron chi connectivity index (χ3n) is 6.17. The van der Waals surface area contributed by atoms with Crippen LogP contribution in [0.5, 0.6) is 11.5 Å². The van der Waals surface area contributed by atoms with Crippen molar-refractivity contribution < 1.29 is 24.3 Å². The van der Waals surface area contributed by atoms with Crippen LogP contribution in [0.1, 0.15) is 17.2 Å². The van der Waals surface area contributed by atoms with Crippen molar-refractivity contribution >= 4 is 34.8 Å². The van der Waals surface area contributed by atoms with Crippen molar-refractivity contribution in [1.29, 1.82) is 0 Å². The van der Waals surface area contributed by atoms with Gasteiger partial charge in [0.05, 0.1) is 18.5 Å². The summed E-state index contributed by atoms with van der Waals surface area (Å²) in [6, 6.07) is 18.6. The molecule has 3 aromatic carbocycles. The van der Waals surface area contributed by atoms with E-state index in [1.54, 1.807) is 43.3 Å². The number of hydrogen-bond acceptors (Lipinski definition) is 6. The minimum atomic E-state index is -1.05. The Bertz CT molecular complexity index is 1250. The monoisotopic (exact) mass is 464 g/mol.